The van der Waals surface area contributed by atoms with Gasteiger partial charge in [0.15, 0.2) is 0 Å². The Morgan fingerprint density at radius 2 is 0.943 bits per heavy atom. The van der Waals surface area contributed by atoms with Gasteiger partial charge in [-0.2, -0.15) is 26.3 Å². The molecule has 192 valence electrons. The van der Waals surface area contributed by atoms with Crippen LogP contribution in [-0.2, 0) is 0 Å². The van der Waals surface area contributed by atoms with Crippen molar-refractivity contribution < 1.29 is 26.3 Å². The van der Waals surface area contributed by atoms with Gasteiger partial charge in [0.2, 0.25) is 0 Å². The minimum Gasteiger partial charge on any atom is -0.194 e. The minimum absolute atomic E-state index is 0.141. The summed E-state index contributed by atoms with van der Waals surface area (Å²) >= 11 is 2.57. The average molecular weight is 533 g/mol. The summed E-state index contributed by atoms with van der Waals surface area (Å²) < 4.78 is 91.0. The van der Waals surface area contributed by atoms with Crippen LogP contribution in [0.5, 0.6) is 0 Å². The number of rotatable bonds is 4. The summed E-state index contributed by atoms with van der Waals surface area (Å²) in [6, 6.07) is 3.00. The Morgan fingerprint density at radius 3 is 1.29 bits per heavy atom. The Hall–Kier alpha value is -1.28. The van der Waals surface area contributed by atoms with Gasteiger partial charge >= 0.3 is 17.8 Å². The van der Waals surface area contributed by atoms with Crippen LogP contribution in [0, 0.1) is 13.8 Å². The maximum atomic E-state index is 15.3. The van der Waals surface area contributed by atoms with Gasteiger partial charge in [0.25, 0.3) is 0 Å². The number of aryl methyl sites for hydroxylation is 2. The van der Waals surface area contributed by atoms with E-state index in [9.17, 15) is 8.78 Å². The first-order chi connectivity index (χ1) is 16.5. The number of hydrogen-bond donors (Lipinski definition) is 0. The van der Waals surface area contributed by atoms with Crippen molar-refractivity contribution in [2.75, 3.05) is 0 Å². The second kappa shape index (κ2) is 8.93. The summed E-state index contributed by atoms with van der Waals surface area (Å²) in [4.78, 5) is 2.46. The molecule has 35 heavy (non-hydrogen) atoms. The Kier molecular flexibility index (Phi) is 6.47. The fourth-order valence-corrected chi connectivity index (χ4v) is 8.52. The summed E-state index contributed by atoms with van der Waals surface area (Å²) in [5.74, 6) is -15.1. The quantitative estimate of drug-likeness (QED) is 0.344. The zero-order valence-electron chi connectivity index (χ0n) is 20.0. The van der Waals surface area contributed by atoms with E-state index in [1.807, 2.05) is 0 Å². The molecule has 0 amide bonds. The second-order valence-corrected chi connectivity index (χ2v) is 13.0. The number of thiophene rings is 2. The molecule has 0 saturated heterocycles. The molecule has 0 spiro atoms. The van der Waals surface area contributed by atoms with E-state index >= 15 is 17.6 Å². The van der Waals surface area contributed by atoms with Gasteiger partial charge in [-0.1, -0.05) is 38.5 Å². The normalized spacial score (nSPS) is 24.9. The van der Waals surface area contributed by atoms with Gasteiger partial charge in [-0.05, 0) is 74.6 Å². The van der Waals surface area contributed by atoms with Gasteiger partial charge in [0.05, 0.1) is 0 Å². The summed E-state index contributed by atoms with van der Waals surface area (Å²) in [6.45, 7) is 3.16. The highest BCUT2D eigenvalue weighted by Crippen LogP contribution is 2.66. The van der Waals surface area contributed by atoms with E-state index in [2.05, 4.69) is 0 Å². The molecule has 2 heterocycles. The molecule has 5 rings (SSSR count). The van der Waals surface area contributed by atoms with E-state index in [4.69, 9.17) is 0 Å². The first-order valence-corrected chi connectivity index (χ1v) is 14.2. The summed E-state index contributed by atoms with van der Waals surface area (Å²) in [5, 5.41) is 0. The molecule has 0 aromatic carbocycles. The second-order valence-electron chi connectivity index (χ2n) is 10.4. The zero-order chi connectivity index (χ0) is 25.2. The molecule has 0 atom stereocenters. The minimum atomic E-state index is -5.50. The van der Waals surface area contributed by atoms with Gasteiger partial charge in [0, 0.05) is 30.7 Å². The van der Waals surface area contributed by atoms with Crippen molar-refractivity contribution in [3.05, 3.63) is 42.8 Å². The van der Waals surface area contributed by atoms with Gasteiger partial charge < -0.3 is 0 Å². The molecule has 2 aromatic heterocycles. The van der Waals surface area contributed by atoms with E-state index in [-0.39, 0.29) is 23.0 Å². The molecule has 0 N–H and O–H groups in total. The third kappa shape index (κ3) is 3.92. The Morgan fingerprint density at radius 1 is 0.600 bits per heavy atom. The van der Waals surface area contributed by atoms with Crippen molar-refractivity contribution in [1.29, 1.82) is 0 Å². The standard InChI is InChI=1S/C27H30F6S2/c1-15-19(13-21(34-15)17-9-5-3-6-10-17)23-24(26(30,31)27(32,33)25(23,28)29)20-14-22(35-16(20)2)18-11-7-4-8-12-18/h13-14,17-18H,3-12H2,1-2H3. The first kappa shape index (κ1) is 25.4. The lowest BCUT2D eigenvalue weighted by atomic mass is 9.86. The van der Waals surface area contributed by atoms with Crippen molar-refractivity contribution >= 4 is 33.8 Å². The molecule has 0 radical (unpaired) electrons. The molecule has 0 bridgehead atoms. The molecule has 0 unspecified atom stereocenters. The van der Waals surface area contributed by atoms with Crippen LogP contribution in [0.25, 0.3) is 11.1 Å². The zero-order valence-corrected chi connectivity index (χ0v) is 21.6. The van der Waals surface area contributed by atoms with Crippen LogP contribution in [0.2, 0.25) is 0 Å². The van der Waals surface area contributed by atoms with Gasteiger partial charge in [-0.25, -0.2) is 0 Å². The lowest BCUT2D eigenvalue weighted by Crippen LogP contribution is -2.48. The summed E-state index contributed by atoms with van der Waals surface area (Å²) in [6.07, 6.45) is 9.94. The van der Waals surface area contributed by atoms with Crippen LogP contribution in [-0.4, -0.2) is 17.8 Å². The largest absolute Gasteiger partial charge is 0.380 e. The predicted molar refractivity (Wildman–Crippen MR) is 131 cm³/mol. The molecule has 2 saturated carbocycles. The maximum Gasteiger partial charge on any atom is 0.380 e. The van der Waals surface area contributed by atoms with Crippen molar-refractivity contribution in [3.63, 3.8) is 0 Å². The van der Waals surface area contributed by atoms with Crippen LogP contribution < -0.4 is 0 Å². The van der Waals surface area contributed by atoms with E-state index in [0.717, 1.165) is 74.0 Å². The monoisotopic (exact) mass is 532 g/mol. The summed E-state index contributed by atoms with van der Waals surface area (Å²) in [5.41, 5.74) is -2.65. The third-order valence-electron chi connectivity index (χ3n) is 8.09. The molecule has 0 aliphatic heterocycles. The van der Waals surface area contributed by atoms with Crippen LogP contribution in [0.3, 0.4) is 0 Å². The molecule has 2 fully saturated rings. The van der Waals surface area contributed by atoms with Crippen LogP contribution in [0.4, 0.5) is 26.3 Å². The SMILES string of the molecule is Cc1sc(C2CCCCC2)cc1C1=C(c2cc(C3CCCCC3)sc2C)C(F)(F)C(F)(F)C1(F)F. The Balaban J connectivity index is 1.68. The molecule has 2 aromatic rings. The molecular weight excluding hydrogens is 502 g/mol. The number of alkyl halides is 6. The van der Waals surface area contributed by atoms with Crippen molar-refractivity contribution in [2.45, 2.75) is 108 Å². The predicted octanol–water partition coefficient (Wildman–Crippen LogP) is 10.4. The molecule has 0 nitrogen and oxygen atoms in total. The number of hydrogen-bond acceptors (Lipinski definition) is 2. The van der Waals surface area contributed by atoms with Crippen molar-refractivity contribution in [1.82, 2.24) is 0 Å². The van der Waals surface area contributed by atoms with E-state index in [1.54, 1.807) is 13.8 Å². The fraction of sp³-hybridized carbons (Fsp3) is 0.630. The topological polar surface area (TPSA) is 0 Å². The Bertz CT molecular complexity index is 1040. The lowest BCUT2D eigenvalue weighted by molar-refractivity contribution is -0.254. The van der Waals surface area contributed by atoms with Crippen LogP contribution in [0.15, 0.2) is 12.1 Å². The number of halogens is 6. The van der Waals surface area contributed by atoms with Crippen LogP contribution in [0.1, 0.15) is 107 Å². The first-order valence-electron chi connectivity index (χ1n) is 12.6. The van der Waals surface area contributed by atoms with Crippen molar-refractivity contribution in [2.24, 2.45) is 0 Å². The van der Waals surface area contributed by atoms with Gasteiger partial charge in [-0.3, -0.25) is 0 Å². The molecule has 8 heteroatoms. The highest BCUT2D eigenvalue weighted by atomic mass is 32.1. The van der Waals surface area contributed by atoms with Crippen LogP contribution >= 0.6 is 22.7 Å². The smallest absolute Gasteiger partial charge is 0.194 e. The van der Waals surface area contributed by atoms with Crippen molar-refractivity contribution in [3.8, 4) is 0 Å². The molecule has 3 aliphatic rings. The Labute approximate surface area is 210 Å². The third-order valence-corrected chi connectivity index (χ3v) is 10.5. The molecule has 3 aliphatic carbocycles. The molecular formula is C27H30F6S2. The number of allylic oxidation sites excluding steroid dienone is 2. The highest BCUT2D eigenvalue weighted by molar-refractivity contribution is 7.12. The average Bonchev–Trinajstić information content (AvgIpc) is 3.42. The lowest BCUT2D eigenvalue weighted by Gasteiger charge is -2.25. The fourth-order valence-electron chi connectivity index (χ4n) is 6.12. The maximum absolute atomic E-state index is 15.3. The van der Waals surface area contributed by atoms with E-state index < -0.39 is 28.9 Å². The van der Waals surface area contributed by atoms with Gasteiger partial charge in [-0.15, -0.1) is 22.7 Å². The van der Waals surface area contributed by atoms with E-state index in [1.165, 1.54) is 34.8 Å². The van der Waals surface area contributed by atoms with Gasteiger partial charge in [0.1, 0.15) is 0 Å². The van der Waals surface area contributed by atoms with E-state index in [0.29, 0.717) is 9.75 Å². The highest BCUT2D eigenvalue weighted by Gasteiger charge is 2.80. The summed E-state index contributed by atoms with van der Waals surface area (Å²) in [7, 11) is 0.